The van der Waals surface area contributed by atoms with Crippen LogP contribution in [0.4, 0.5) is 0 Å². The first-order valence-electron chi connectivity index (χ1n) is 7.99. The smallest absolute Gasteiger partial charge is 0.120 e. The van der Waals surface area contributed by atoms with Gasteiger partial charge in [-0.05, 0) is 59.2 Å². The molecule has 0 aromatic heterocycles. The van der Waals surface area contributed by atoms with Gasteiger partial charge in [0.1, 0.15) is 12.4 Å². The van der Waals surface area contributed by atoms with Gasteiger partial charge in [-0.1, -0.05) is 59.6 Å². The Morgan fingerprint density at radius 3 is 2.23 bits per heavy atom. The van der Waals surface area contributed by atoms with Gasteiger partial charge in [0.15, 0.2) is 0 Å². The second kappa shape index (κ2) is 8.58. The minimum Gasteiger partial charge on any atom is -0.489 e. The van der Waals surface area contributed by atoms with Crippen molar-refractivity contribution in [2.45, 2.75) is 6.61 Å². The van der Waals surface area contributed by atoms with E-state index in [-0.39, 0.29) is 0 Å². The molecule has 0 aliphatic heterocycles. The van der Waals surface area contributed by atoms with Crippen LogP contribution in [0.5, 0.6) is 5.75 Å². The SMILES string of the molecule is N#C/C(=C/c1cccc(OCc2ccc(Cl)cc2)c1)c1ccc(Cl)cc1. The Hall–Kier alpha value is -2.73. The third-order valence-corrected chi connectivity index (χ3v) is 4.27. The predicted molar refractivity (Wildman–Crippen MR) is 107 cm³/mol. The fourth-order valence-corrected chi connectivity index (χ4v) is 2.67. The largest absolute Gasteiger partial charge is 0.489 e. The van der Waals surface area contributed by atoms with Gasteiger partial charge in [0.25, 0.3) is 0 Å². The standard InChI is InChI=1S/C22H15Cl2NO/c23-20-8-4-16(5-9-20)15-26-22-3-1-2-17(13-22)12-19(14-25)18-6-10-21(24)11-7-18/h1-13H,15H2/b19-12-. The van der Waals surface area contributed by atoms with E-state index in [4.69, 9.17) is 27.9 Å². The Labute approximate surface area is 162 Å². The van der Waals surface area contributed by atoms with Crippen molar-refractivity contribution in [3.05, 3.63) is 99.5 Å². The van der Waals surface area contributed by atoms with Crippen molar-refractivity contribution in [3.63, 3.8) is 0 Å². The molecule has 0 radical (unpaired) electrons. The first-order chi connectivity index (χ1) is 12.6. The van der Waals surface area contributed by atoms with Gasteiger partial charge in [-0.3, -0.25) is 0 Å². The van der Waals surface area contributed by atoms with Crippen LogP contribution >= 0.6 is 23.2 Å². The summed E-state index contributed by atoms with van der Waals surface area (Å²) >= 11 is 11.8. The molecule has 0 saturated heterocycles. The first kappa shape index (κ1) is 18.1. The van der Waals surface area contributed by atoms with Crippen LogP contribution in [-0.4, -0.2) is 0 Å². The number of allylic oxidation sites excluding steroid dienone is 1. The van der Waals surface area contributed by atoms with E-state index >= 15 is 0 Å². The molecule has 0 N–H and O–H groups in total. The topological polar surface area (TPSA) is 33.0 Å². The zero-order chi connectivity index (χ0) is 18.4. The van der Waals surface area contributed by atoms with Gasteiger partial charge in [-0.2, -0.15) is 5.26 Å². The Balaban J connectivity index is 1.76. The molecule has 0 aliphatic carbocycles. The minimum absolute atomic E-state index is 0.451. The number of halogens is 2. The van der Waals surface area contributed by atoms with Crippen LogP contribution in [0.2, 0.25) is 10.0 Å². The number of rotatable bonds is 5. The van der Waals surface area contributed by atoms with E-state index in [1.54, 1.807) is 12.1 Å². The summed E-state index contributed by atoms with van der Waals surface area (Å²) in [7, 11) is 0. The van der Waals surface area contributed by atoms with E-state index in [0.29, 0.717) is 22.2 Å². The summed E-state index contributed by atoms with van der Waals surface area (Å²) in [4.78, 5) is 0. The van der Waals surface area contributed by atoms with Crippen LogP contribution in [0.3, 0.4) is 0 Å². The zero-order valence-corrected chi connectivity index (χ0v) is 15.3. The predicted octanol–water partition coefficient (Wildman–Crippen LogP) is 6.64. The van der Waals surface area contributed by atoms with Crippen LogP contribution in [0, 0.1) is 11.3 Å². The summed E-state index contributed by atoms with van der Waals surface area (Å²) in [5.74, 6) is 0.738. The minimum atomic E-state index is 0.451. The summed E-state index contributed by atoms with van der Waals surface area (Å²) in [6.07, 6.45) is 1.83. The Bertz CT molecular complexity index is 955. The fraction of sp³-hybridized carbons (Fsp3) is 0.0455. The molecule has 128 valence electrons. The molecule has 0 heterocycles. The number of nitrogens with zero attached hydrogens (tertiary/aromatic N) is 1. The lowest BCUT2D eigenvalue weighted by Crippen LogP contribution is -1.95. The number of hydrogen-bond acceptors (Lipinski definition) is 2. The summed E-state index contributed by atoms with van der Waals surface area (Å²) in [5, 5.41) is 10.8. The maximum absolute atomic E-state index is 9.46. The van der Waals surface area contributed by atoms with Crippen LogP contribution < -0.4 is 4.74 Å². The van der Waals surface area contributed by atoms with E-state index < -0.39 is 0 Å². The van der Waals surface area contributed by atoms with Crippen molar-refractivity contribution in [1.82, 2.24) is 0 Å². The van der Waals surface area contributed by atoms with Crippen molar-refractivity contribution in [1.29, 1.82) is 5.26 Å². The molecule has 3 rings (SSSR count). The van der Waals surface area contributed by atoms with Gasteiger partial charge in [0.2, 0.25) is 0 Å². The normalized spacial score (nSPS) is 11.0. The molecule has 4 heteroatoms. The van der Waals surface area contributed by atoms with Crippen molar-refractivity contribution >= 4 is 34.9 Å². The maximum Gasteiger partial charge on any atom is 0.120 e. The molecule has 2 nitrogen and oxygen atoms in total. The Kier molecular flexibility index (Phi) is 5.96. The maximum atomic E-state index is 9.46. The lowest BCUT2D eigenvalue weighted by Gasteiger charge is -2.07. The van der Waals surface area contributed by atoms with Crippen LogP contribution in [0.25, 0.3) is 11.6 Å². The number of ether oxygens (including phenoxy) is 1. The molecular weight excluding hydrogens is 365 g/mol. The van der Waals surface area contributed by atoms with Gasteiger partial charge in [0.05, 0.1) is 11.6 Å². The number of hydrogen-bond donors (Lipinski definition) is 0. The lowest BCUT2D eigenvalue weighted by molar-refractivity contribution is 0.306. The van der Waals surface area contributed by atoms with Crippen molar-refractivity contribution in [3.8, 4) is 11.8 Å². The molecule has 0 aliphatic rings. The highest BCUT2D eigenvalue weighted by atomic mass is 35.5. The molecule has 0 bridgehead atoms. The van der Waals surface area contributed by atoms with Gasteiger partial charge < -0.3 is 4.74 Å². The summed E-state index contributed by atoms with van der Waals surface area (Å²) < 4.78 is 5.84. The highest BCUT2D eigenvalue weighted by Gasteiger charge is 2.03. The molecule has 0 amide bonds. The van der Waals surface area contributed by atoms with Crippen molar-refractivity contribution < 1.29 is 4.74 Å². The molecular formula is C22H15Cl2NO. The third-order valence-electron chi connectivity index (χ3n) is 3.76. The summed E-state index contributed by atoms with van der Waals surface area (Å²) in [6.45, 7) is 0.451. The average Bonchev–Trinajstić information content (AvgIpc) is 2.67. The highest BCUT2D eigenvalue weighted by Crippen LogP contribution is 2.22. The Morgan fingerprint density at radius 1 is 0.923 bits per heavy atom. The fourth-order valence-electron chi connectivity index (χ4n) is 2.42. The monoisotopic (exact) mass is 379 g/mol. The second-order valence-corrected chi connectivity index (χ2v) is 6.54. The molecule has 26 heavy (non-hydrogen) atoms. The van der Waals surface area contributed by atoms with Crippen LogP contribution in [-0.2, 0) is 6.61 Å². The number of nitriles is 1. The van der Waals surface area contributed by atoms with Crippen LogP contribution in [0.15, 0.2) is 72.8 Å². The lowest BCUT2D eigenvalue weighted by atomic mass is 10.0. The van der Waals surface area contributed by atoms with E-state index in [2.05, 4.69) is 6.07 Å². The van der Waals surface area contributed by atoms with Crippen LogP contribution in [0.1, 0.15) is 16.7 Å². The highest BCUT2D eigenvalue weighted by molar-refractivity contribution is 6.30. The van der Waals surface area contributed by atoms with Crippen molar-refractivity contribution in [2.75, 3.05) is 0 Å². The number of benzene rings is 3. The van der Waals surface area contributed by atoms with E-state index in [1.165, 1.54) is 0 Å². The second-order valence-electron chi connectivity index (χ2n) is 5.66. The molecule has 0 atom stereocenters. The third kappa shape index (κ3) is 4.89. The molecule has 3 aromatic rings. The van der Waals surface area contributed by atoms with Gasteiger partial charge in [-0.25, -0.2) is 0 Å². The summed E-state index contributed by atoms with van der Waals surface area (Å²) in [5.41, 5.74) is 3.32. The molecule has 0 spiro atoms. The van der Waals surface area contributed by atoms with E-state index in [9.17, 15) is 5.26 Å². The first-order valence-corrected chi connectivity index (χ1v) is 8.75. The zero-order valence-electron chi connectivity index (χ0n) is 13.8. The van der Waals surface area contributed by atoms with E-state index in [1.807, 2.05) is 66.7 Å². The summed E-state index contributed by atoms with van der Waals surface area (Å²) in [6, 6.07) is 24.6. The molecule has 3 aromatic carbocycles. The Morgan fingerprint density at radius 2 is 1.58 bits per heavy atom. The molecule has 0 unspecified atom stereocenters. The quantitative estimate of drug-likeness (QED) is 0.367. The van der Waals surface area contributed by atoms with Gasteiger partial charge in [-0.15, -0.1) is 0 Å². The van der Waals surface area contributed by atoms with Gasteiger partial charge >= 0.3 is 0 Å². The van der Waals surface area contributed by atoms with Crippen molar-refractivity contribution in [2.24, 2.45) is 0 Å². The average molecular weight is 380 g/mol. The molecule has 0 fully saturated rings. The molecule has 0 saturated carbocycles. The van der Waals surface area contributed by atoms with E-state index in [0.717, 1.165) is 22.4 Å². The van der Waals surface area contributed by atoms with Gasteiger partial charge in [0, 0.05) is 10.0 Å².